The highest BCUT2D eigenvalue weighted by Crippen LogP contribution is 2.43. The highest BCUT2D eigenvalue weighted by molar-refractivity contribution is 7.26. The molecule has 0 saturated carbocycles. The van der Waals surface area contributed by atoms with Gasteiger partial charge in [0, 0.05) is 42.4 Å². The maximum atomic E-state index is 6.26. The third-order valence-corrected chi connectivity index (χ3v) is 9.07. The quantitative estimate of drug-likeness (QED) is 0.207. The van der Waals surface area contributed by atoms with Gasteiger partial charge in [-0.3, -0.25) is 0 Å². The molecule has 0 atom stereocenters. The number of rotatable bonds is 4. The van der Waals surface area contributed by atoms with Crippen molar-refractivity contribution in [2.75, 3.05) is 0 Å². The molecule has 9 rings (SSSR count). The molecule has 0 saturated heterocycles. The summed E-state index contributed by atoms with van der Waals surface area (Å²) in [5.74, 6) is 2.55. The van der Waals surface area contributed by atoms with Crippen LogP contribution in [0.2, 0.25) is 0 Å². The Labute approximate surface area is 256 Å². The van der Waals surface area contributed by atoms with Gasteiger partial charge in [-0.15, -0.1) is 11.3 Å². The van der Waals surface area contributed by atoms with Crippen molar-refractivity contribution < 1.29 is 4.42 Å². The fourth-order valence-corrected chi connectivity index (χ4v) is 6.97. The summed E-state index contributed by atoms with van der Waals surface area (Å²) in [5.41, 5.74) is 5.44. The van der Waals surface area contributed by atoms with Crippen molar-refractivity contribution in [3.8, 4) is 45.6 Å². The zero-order chi connectivity index (χ0) is 29.0. The number of oxazole rings is 1. The first-order valence-electron chi connectivity index (χ1n) is 14.4. The summed E-state index contributed by atoms with van der Waals surface area (Å²) in [4.78, 5) is 19.8. The molecule has 0 radical (unpaired) electrons. The van der Waals surface area contributed by atoms with Crippen LogP contribution in [-0.4, -0.2) is 19.9 Å². The van der Waals surface area contributed by atoms with Crippen molar-refractivity contribution in [2.24, 2.45) is 0 Å². The molecule has 3 heterocycles. The summed E-state index contributed by atoms with van der Waals surface area (Å²) in [5, 5.41) is 4.56. The zero-order valence-corrected chi connectivity index (χ0v) is 24.1. The molecule has 0 fully saturated rings. The fraction of sp³-hybridized carbons (Fsp3) is 0. The van der Waals surface area contributed by atoms with Gasteiger partial charge in [0.15, 0.2) is 23.1 Å². The Kier molecular flexibility index (Phi) is 5.61. The molecule has 9 aromatic rings. The molecule has 5 nitrogen and oxygen atoms in total. The predicted molar refractivity (Wildman–Crippen MR) is 180 cm³/mol. The maximum Gasteiger partial charge on any atom is 0.227 e. The van der Waals surface area contributed by atoms with Crippen LogP contribution in [0.3, 0.4) is 0 Å². The van der Waals surface area contributed by atoms with Crippen LogP contribution in [-0.2, 0) is 0 Å². The highest BCUT2D eigenvalue weighted by atomic mass is 32.1. The van der Waals surface area contributed by atoms with Gasteiger partial charge < -0.3 is 4.42 Å². The van der Waals surface area contributed by atoms with E-state index in [1.54, 1.807) is 11.3 Å². The summed E-state index contributed by atoms with van der Waals surface area (Å²) in [6.45, 7) is 0. The van der Waals surface area contributed by atoms with Gasteiger partial charge in [0.05, 0.1) is 0 Å². The van der Waals surface area contributed by atoms with Gasteiger partial charge in [0.25, 0.3) is 0 Å². The lowest BCUT2D eigenvalue weighted by Crippen LogP contribution is -2.00. The SMILES string of the molecule is c1ccc(-c2nc(-c3ccccc3)nc(-c3ccc4ccc5sc6ccc7oc(-c8ccccc8)nc7c6c5c4c3)n2)cc1. The first-order chi connectivity index (χ1) is 21.8. The van der Waals surface area contributed by atoms with Gasteiger partial charge in [0.2, 0.25) is 5.89 Å². The molecular formula is C38H22N4OS. The van der Waals surface area contributed by atoms with E-state index in [1.165, 1.54) is 14.8 Å². The van der Waals surface area contributed by atoms with Crippen molar-refractivity contribution >= 4 is 53.4 Å². The Morgan fingerprint density at radius 3 is 1.66 bits per heavy atom. The normalized spacial score (nSPS) is 11.6. The molecule has 6 aromatic carbocycles. The summed E-state index contributed by atoms with van der Waals surface area (Å²) in [6.07, 6.45) is 0. The number of hydrogen-bond acceptors (Lipinski definition) is 6. The van der Waals surface area contributed by atoms with Crippen molar-refractivity contribution in [3.63, 3.8) is 0 Å². The van der Waals surface area contributed by atoms with Crippen LogP contribution in [0.4, 0.5) is 0 Å². The summed E-state index contributed by atoms with van der Waals surface area (Å²) in [6, 6.07) is 45.2. The first kappa shape index (κ1) is 24.8. The van der Waals surface area contributed by atoms with Crippen LogP contribution in [0.25, 0.3) is 87.7 Å². The number of nitrogens with zero attached hydrogens (tertiary/aromatic N) is 4. The lowest BCUT2D eigenvalue weighted by molar-refractivity contribution is 0.620. The number of benzene rings is 6. The van der Waals surface area contributed by atoms with Crippen LogP contribution >= 0.6 is 11.3 Å². The van der Waals surface area contributed by atoms with Crippen LogP contribution in [0.15, 0.2) is 138 Å². The molecule has 0 N–H and O–H groups in total. The Morgan fingerprint density at radius 1 is 0.455 bits per heavy atom. The summed E-state index contributed by atoms with van der Waals surface area (Å²) < 4.78 is 8.64. The average Bonchev–Trinajstić information content (AvgIpc) is 3.71. The third-order valence-electron chi connectivity index (χ3n) is 7.95. The molecule has 0 aliphatic heterocycles. The van der Waals surface area contributed by atoms with E-state index in [0.717, 1.165) is 49.5 Å². The Hall–Kier alpha value is -5.72. The van der Waals surface area contributed by atoms with Gasteiger partial charge in [0.1, 0.15) is 5.52 Å². The Bertz CT molecular complexity index is 2430. The third kappa shape index (κ3) is 4.07. The summed E-state index contributed by atoms with van der Waals surface area (Å²) >= 11 is 1.77. The minimum atomic E-state index is 0.625. The first-order valence-corrected chi connectivity index (χ1v) is 15.2. The van der Waals surface area contributed by atoms with E-state index in [-0.39, 0.29) is 0 Å². The zero-order valence-electron chi connectivity index (χ0n) is 23.3. The molecule has 0 amide bonds. The van der Waals surface area contributed by atoms with E-state index in [9.17, 15) is 0 Å². The molecule has 0 aliphatic rings. The highest BCUT2D eigenvalue weighted by Gasteiger charge is 2.18. The number of thiophene rings is 1. The molecule has 206 valence electrons. The van der Waals surface area contributed by atoms with E-state index in [0.29, 0.717) is 23.4 Å². The summed E-state index contributed by atoms with van der Waals surface area (Å²) in [7, 11) is 0. The predicted octanol–water partition coefficient (Wildman–Crippen LogP) is 10.2. The van der Waals surface area contributed by atoms with E-state index in [2.05, 4.69) is 36.4 Å². The van der Waals surface area contributed by atoms with Gasteiger partial charge in [-0.25, -0.2) is 19.9 Å². The van der Waals surface area contributed by atoms with Crippen LogP contribution in [0.1, 0.15) is 0 Å². The van der Waals surface area contributed by atoms with Crippen molar-refractivity contribution in [3.05, 3.63) is 133 Å². The van der Waals surface area contributed by atoms with E-state index >= 15 is 0 Å². The average molecular weight is 583 g/mol. The van der Waals surface area contributed by atoms with E-state index in [1.807, 2.05) is 97.1 Å². The van der Waals surface area contributed by atoms with E-state index < -0.39 is 0 Å². The largest absolute Gasteiger partial charge is 0.436 e. The smallest absolute Gasteiger partial charge is 0.227 e. The topological polar surface area (TPSA) is 64.7 Å². The van der Waals surface area contributed by atoms with Gasteiger partial charge in [-0.05, 0) is 47.2 Å². The van der Waals surface area contributed by atoms with Crippen LogP contribution in [0, 0.1) is 0 Å². The Morgan fingerprint density at radius 2 is 1.00 bits per heavy atom. The fourth-order valence-electron chi connectivity index (χ4n) is 5.84. The lowest BCUT2D eigenvalue weighted by Gasteiger charge is -2.09. The molecule has 0 unspecified atom stereocenters. The van der Waals surface area contributed by atoms with Crippen LogP contribution < -0.4 is 0 Å². The second-order valence-electron chi connectivity index (χ2n) is 10.7. The lowest BCUT2D eigenvalue weighted by atomic mass is 10.0. The maximum absolute atomic E-state index is 6.26. The van der Waals surface area contributed by atoms with Crippen molar-refractivity contribution in [2.45, 2.75) is 0 Å². The number of fused-ring (bicyclic) bond motifs is 7. The van der Waals surface area contributed by atoms with Gasteiger partial charge >= 0.3 is 0 Å². The molecular weight excluding hydrogens is 561 g/mol. The second-order valence-corrected chi connectivity index (χ2v) is 11.8. The molecule has 6 heteroatoms. The van der Waals surface area contributed by atoms with Crippen molar-refractivity contribution in [1.29, 1.82) is 0 Å². The number of aromatic nitrogens is 4. The van der Waals surface area contributed by atoms with Crippen LogP contribution in [0.5, 0.6) is 0 Å². The molecule has 0 spiro atoms. The number of hydrogen-bond donors (Lipinski definition) is 0. The molecule has 44 heavy (non-hydrogen) atoms. The van der Waals surface area contributed by atoms with Gasteiger partial charge in [-0.1, -0.05) is 97.1 Å². The van der Waals surface area contributed by atoms with Gasteiger partial charge in [-0.2, -0.15) is 0 Å². The molecule has 3 aromatic heterocycles. The minimum absolute atomic E-state index is 0.625. The monoisotopic (exact) mass is 582 g/mol. The second kappa shape index (κ2) is 9.93. The minimum Gasteiger partial charge on any atom is -0.436 e. The molecule has 0 bridgehead atoms. The Balaban J connectivity index is 1.29. The molecule has 0 aliphatic carbocycles. The van der Waals surface area contributed by atoms with E-state index in [4.69, 9.17) is 24.4 Å². The standard InChI is InChI=1S/C38H22N4OS/c1-4-10-24(11-5-1)35-40-36(25-12-6-2-7-13-25)42-37(41-35)27-17-16-23-18-20-30-32(28(23)22-27)33-31(44-30)21-19-29-34(33)39-38(43-29)26-14-8-3-9-15-26/h1-22H. The van der Waals surface area contributed by atoms with Crippen molar-refractivity contribution in [1.82, 2.24) is 19.9 Å².